The molecule has 0 atom stereocenters. The van der Waals surface area contributed by atoms with E-state index in [4.69, 9.17) is 11.6 Å². The smallest absolute Gasteiger partial charge is 0.308 e. The number of halogens is 1. The van der Waals surface area contributed by atoms with Crippen LogP contribution in [0.25, 0.3) is 5.78 Å². The van der Waals surface area contributed by atoms with Crippen LogP contribution in [0, 0.1) is 6.92 Å². The van der Waals surface area contributed by atoms with E-state index in [1.54, 1.807) is 40.5 Å². The molecule has 0 unspecified atom stereocenters. The molecule has 2 aromatic heterocycles. The number of nitrogens with zero attached hydrogens (tertiary/aromatic N) is 4. The SMILES string of the molecule is CCc1cc(Sc2ccc(NC(=O)Nc3cccc(Cl)c3)cc2)n2nc(C)nc2n1. The third kappa shape index (κ3) is 4.72. The van der Waals surface area contributed by atoms with Gasteiger partial charge < -0.3 is 10.6 Å². The molecule has 4 rings (SSSR count). The highest BCUT2D eigenvalue weighted by Gasteiger charge is 2.11. The fraction of sp³-hybridized carbons (Fsp3) is 0.143. The topological polar surface area (TPSA) is 84.2 Å². The molecule has 30 heavy (non-hydrogen) atoms. The van der Waals surface area contributed by atoms with Crippen LogP contribution in [-0.4, -0.2) is 25.6 Å². The average Bonchev–Trinajstić information content (AvgIpc) is 3.09. The van der Waals surface area contributed by atoms with Crippen LogP contribution in [0.5, 0.6) is 0 Å². The van der Waals surface area contributed by atoms with Gasteiger partial charge in [0.25, 0.3) is 5.78 Å². The summed E-state index contributed by atoms with van der Waals surface area (Å²) in [5, 5.41) is 11.5. The van der Waals surface area contributed by atoms with E-state index >= 15 is 0 Å². The molecule has 2 N–H and O–H groups in total. The van der Waals surface area contributed by atoms with Crippen molar-refractivity contribution in [1.82, 2.24) is 19.6 Å². The Bertz CT molecular complexity index is 1210. The number of carbonyl (C=O) groups is 1. The Morgan fingerprint density at radius 1 is 1.07 bits per heavy atom. The van der Waals surface area contributed by atoms with Gasteiger partial charge >= 0.3 is 6.03 Å². The third-order valence-electron chi connectivity index (χ3n) is 4.22. The van der Waals surface area contributed by atoms with E-state index in [0.29, 0.717) is 28.0 Å². The van der Waals surface area contributed by atoms with Gasteiger partial charge in [0.15, 0.2) is 0 Å². The van der Waals surface area contributed by atoms with Crippen LogP contribution < -0.4 is 10.6 Å². The van der Waals surface area contributed by atoms with Crippen molar-refractivity contribution in [3.05, 3.63) is 71.1 Å². The van der Waals surface area contributed by atoms with E-state index in [1.165, 1.54) is 0 Å². The first-order valence-electron chi connectivity index (χ1n) is 9.35. The number of hydrogen-bond donors (Lipinski definition) is 2. The number of fused-ring (bicyclic) bond motifs is 1. The summed E-state index contributed by atoms with van der Waals surface area (Å²) in [6, 6.07) is 16.3. The van der Waals surface area contributed by atoms with Crippen LogP contribution in [0.1, 0.15) is 18.4 Å². The van der Waals surface area contributed by atoms with Crippen molar-refractivity contribution in [2.24, 2.45) is 0 Å². The van der Waals surface area contributed by atoms with Crippen LogP contribution in [-0.2, 0) is 6.42 Å². The predicted octanol–water partition coefficient (Wildman–Crippen LogP) is 5.44. The lowest BCUT2D eigenvalue weighted by Crippen LogP contribution is -2.19. The van der Waals surface area contributed by atoms with Gasteiger partial charge in [0, 0.05) is 27.0 Å². The number of nitrogens with one attached hydrogen (secondary N) is 2. The van der Waals surface area contributed by atoms with Gasteiger partial charge in [0.1, 0.15) is 10.9 Å². The molecule has 4 aromatic rings. The molecule has 0 saturated carbocycles. The van der Waals surface area contributed by atoms with Gasteiger partial charge in [0.05, 0.1) is 0 Å². The Kier molecular flexibility index (Phi) is 5.87. The number of rotatable bonds is 5. The van der Waals surface area contributed by atoms with Gasteiger partial charge in [-0.1, -0.05) is 36.4 Å². The molecule has 0 bridgehead atoms. The van der Waals surface area contributed by atoms with Gasteiger partial charge in [-0.3, -0.25) is 0 Å². The molecule has 9 heteroatoms. The summed E-state index contributed by atoms with van der Waals surface area (Å²) in [5.74, 6) is 1.29. The molecule has 0 spiro atoms. The monoisotopic (exact) mass is 438 g/mol. The van der Waals surface area contributed by atoms with Gasteiger partial charge in [-0.2, -0.15) is 9.50 Å². The van der Waals surface area contributed by atoms with Gasteiger partial charge in [-0.25, -0.2) is 9.78 Å². The zero-order valence-corrected chi connectivity index (χ0v) is 18.0. The molecule has 2 aromatic carbocycles. The molecule has 7 nitrogen and oxygen atoms in total. The molecule has 2 heterocycles. The van der Waals surface area contributed by atoms with Crippen molar-refractivity contribution in [3.63, 3.8) is 0 Å². The number of urea groups is 1. The maximum atomic E-state index is 12.2. The number of anilines is 2. The van der Waals surface area contributed by atoms with Crippen LogP contribution in [0.4, 0.5) is 16.2 Å². The van der Waals surface area contributed by atoms with E-state index < -0.39 is 0 Å². The quantitative estimate of drug-likeness (QED) is 0.405. The normalized spacial score (nSPS) is 10.9. The van der Waals surface area contributed by atoms with Crippen molar-refractivity contribution < 1.29 is 4.79 Å². The van der Waals surface area contributed by atoms with Crippen molar-refractivity contribution in [1.29, 1.82) is 0 Å². The van der Waals surface area contributed by atoms with E-state index in [9.17, 15) is 4.79 Å². The van der Waals surface area contributed by atoms with E-state index in [0.717, 1.165) is 22.0 Å². The molecule has 0 radical (unpaired) electrons. The maximum Gasteiger partial charge on any atom is 0.323 e. The number of hydrogen-bond acceptors (Lipinski definition) is 5. The highest BCUT2D eigenvalue weighted by atomic mass is 35.5. The van der Waals surface area contributed by atoms with Crippen molar-refractivity contribution >= 4 is 46.5 Å². The molecule has 0 aliphatic heterocycles. The Morgan fingerprint density at radius 3 is 2.57 bits per heavy atom. The van der Waals surface area contributed by atoms with Crippen LogP contribution >= 0.6 is 23.4 Å². The molecule has 0 aliphatic rings. The summed E-state index contributed by atoms with van der Waals surface area (Å²) in [5.41, 5.74) is 2.28. The molecular formula is C21H19ClN6OS. The number of amides is 2. The van der Waals surface area contributed by atoms with Crippen LogP contribution in [0.2, 0.25) is 5.02 Å². The summed E-state index contributed by atoms with van der Waals surface area (Å²) < 4.78 is 1.75. The number of aryl methyl sites for hydroxylation is 2. The lowest BCUT2D eigenvalue weighted by atomic mass is 10.3. The van der Waals surface area contributed by atoms with E-state index in [2.05, 4.69) is 32.6 Å². The van der Waals surface area contributed by atoms with Crippen LogP contribution in [0.15, 0.2) is 64.5 Å². The lowest BCUT2D eigenvalue weighted by molar-refractivity contribution is 0.262. The summed E-state index contributed by atoms with van der Waals surface area (Å²) >= 11 is 7.51. The molecular weight excluding hydrogens is 420 g/mol. The Labute approximate surface area is 182 Å². The van der Waals surface area contributed by atoms with Gasteiger partial charge in [0.2, 0.25) is 0 Å². The predicted molar refractivity (Wildman–Crippen MR) is 120 cm³/mol. The van der Waals surface area contributed by atoms with Crippen LogP contribution in [0.3, 0.4) is 0 Å². The van der Waals surface area contributed by atoms with Crippen molar-refractivity contribution in [3.8, 4) is 0 Å². The second-order valence-electron chi connectivity index (χ2n) is 6.53. The first-order valence-corrected chi connectivity index (χ1v) is 10.5. The lowest BCUT2D eigenvalue weighted by Gasteiger charge is -2.09. The Hall–Kier alpha value is -3.10. The first kappa shape index (κ1) is 20.2. The van der Waals surface area contributed by atoms with Gasteiger partial charge in [-0.05, 0) is 61.9 Å². The highest BCUT2D eigenvalue weighted by molar-refractivity contribution is 7.99. The number of carbonyl (C=O) groups excluding carboxylic acids is 1. The minimum atomic E-state index is -0.334. The third-order valence-corrected chi connectivity index (χ3v) is 5.46. The summed E-state index contributed by atoms with van der Waals surface area (Å²) in [4.78, 5) is 22.1. The second-order valence-corrected chi connectivity index (χ2v) is 8.06. The standard InChI is InChI=1S/C21H19ClN6OS/c1-3-15-12-19(28-20(24-15)23-13(2)27-28)30-18-9-7-16(8-10-18)25-21(29)26-17-6-4-5-14(22)11-17/h4-12H,3H2,1-2H3,(H2,25,26,29). The zero-order valence-electron chi connectivity index (χ0n) is 16.4. The zero-order chi connectivity index (χ0) is 21.1. The first-order chi connectivity index (χ1) is 14.5. The van der Waals surface area contributed by atoms with Gasteiger partial charge in [-0.15, -0.1) is 5.10 Å². The van der Waals surface area contributed by atoms with Crippen molar-refractivity contribution in [2.45, 2.75) is 30.2 Å². The minimum absolute atomic E-state index is 0.334. The molecule has 0 aliphatic carbocycles. The average molecular weight is 439 g/mol. The van der Waals surface area contributed by atoms with E-state index in [-0.39, 0.29) is 6.03 Å². The summed E-state index contributed by atoms with van der Waals surface area (Å²) in [6.07, 6.45) is 0.820. The number of benzene rings is 2. The Balaban J connectivity index is 1.46. The second kappa shape index (κ2) is 8.73. The Morgan fingerprint density at radius 2 is 1.83 bits per heavy atom. The molecule has 2 amide bonds. The fourth-order valence-corrected chi connectivity index (χ4v) is 3.94. The maximum absolute atomic E-state index is 12.2. The molecule has 0 saturated heterocycles. The molecule has 0 fully saturated rings. The highest BCUT2D eigenvalue weighted by Crippen LogP contribution is 2.29. The summed E-state index contributed by atoms with van der Waals surface area (Å²) in [7, 11) is 0. The summed E-state index contributed by atoms with van der Waals surface area (Å²) in [6.45, 7) is 3.91. The van der Waals surface area contributed by atoms with Crippen molar-refractivity contribution in [2.75, 3.05) is 10.6 Å². The largest absolute Gasteiger partial charge is 0.323 e. The van der Waals surface area contributed by atoms with E-state index in [1.807, 2.05) is 37.3 Å². The number of aromatic nitrogens is 4. The molecule has 152 valence electrons. The fourth-order valence-electron chi connectivity index (χ4n) is 2.83. The minimum Gasteiger partial charge on any atom is -0.308 e.